The largest absolute Gasteiger partial charge is 0.388 e. The van der Waals surface area contributed by atoms with E-state index in [1.54, 1.807) is 0 Å². The van der Waals surface area contributed by atoms with E-state index in [1.165, 1.54) is 19.4 Å². The number of nitrogens with zero attached hydrogens (tertiary/aromatic N) is 1. The lowest BCUT2D eigenvalue weighted by Crippen LogP contribution is -2.42. The van der Waals surface area contributed by atoms with Gasteiger partial charge in [-0.2, -0.15) is 0 Å². The van der Waals surface area contributed by atoms with Crippen LogP contribution in [0.4, 0.5) is 0 Å². The Labute approximate surface area is 105 Å². The van der Waals surface area contributed by atoms with Crippen molar-refractivity contribution in [3.63, 3.8) is 0 Å². The molecule has 0 aromatic heterocycles. The lowest BCUT2D eigenvalue weighted by molar-refractivity contribution is 0.00458. The molecule has 3 nitrogen and oxygen atoms in total. The Kier molecular flexibility index (Phi) is 4.45. The Morgan fingerprint density at radius 2 is 2.12 bits per heavy atom. The van der Waals surface area contributed by atoms with Crippen molar-refractivity contribution in [2.75, 3.05) is 26.2 Å². The van der Waals surface area contributed by atoms with Crippen LogP contribution in [0.15, 0.2) is 0 Å². The molecule has 0 radical (unpaired) electrons. The predicted octanol–water partition coefficient (Wildman–Crippen LogP) is 1.60. The Bertz CT molecular complexity index is 242. The number of rotatable bonds is 7. The van der Waals surface area contributed by atoms with E-state index in [2.05, 4.69) is 11.8 Å². The van der Waals surface area contributed by atoms with Crippen molar-refractivity contribution in [3.8, 4) is 0 Å². The summed E-state index contributed by atoms with van der Waals surface area (Å²) in [7, 11) is 0. The molecule has 0 bridgehead atoms. The van der Waals surface area contributed by atoms with Gasteiger partial charge in [-0.3, -0.25) is 0 Å². The van der Waals surface area contributed by atoms with Crippen LogP contribution in [-0.4, -0.2) is 41.8 Å². The Balaban J connectivity index is 1.75. The van der Waals surface area contributed by atoms with Crippen molar-refractivity contribution in [2.45, 2.75) is 51.0 Å². The Hall–Kier alpha value is -0.120. The number of nitrogens with two attached hydrogens (primary N) is 1. The summed E-state index contributed by atoms with van der Waals surface area (Å²) < 4.78 is 0. The Morgan fingerprint density at radius 1 is 1.35 bits per heavy atom. The summed E-state index contributed by atoms with van der Waals surface area (Å²) in [4.78, 5) is 2.55. The average molecular weight is 240 g/mol. The molecule has 2 atom stereocenters. The first-order valence-corrected chi connectivity index (χ1v) is 7.32. The van der Waals surface area contributed by atoms with Gasteiger partial charge >= 0.3 is 0 Å². The lowest BCUT2D eigenvalue weighted by Gasteiger charge is -2.30. The van der Waals surface area contributed by atoms with E-state index in [0.29, 0.717) is 12.5 Å². The molecule has 2 saturated carbocycles. The van der Waals surface area contributed by atoms with Gasteiger partial charge in [0.2, 0.25) is 0 Å². The van der Waals surface area contributed by atoms with Crippen LogP contribution in [0, 0.1) is 11.8 Å². The van der Waals surface area contributed by atoms with Crippen molar-refractivity contribution in [1.82, 2.24) is 4.90 Å². The van der Waals surface area contributed by atoms with E-state index >= 15 is 0 Å². The third-order valence-electron chi connectivity index (χ3n) is 4.73. The third-order valence-corrected chi connectivity index (χ3v) is 4.73. The summed E-state index contributed by atoms with van der Waals surface area (Å²) in [5.74, 6) is 1.40. The molecule has 0 heterocycles. The van der Waals surface area contributed by atoms with E-state index in [4.69, 9.17) is 5.73 Å². The van der Waals surface area contributed by atoms with Crippen molar-refractivity contribution in [1.29, 1.82) is 0 Å². The summed E-state index contributed by atoms with van der Waals surface area (Å²) in [6, 6.07) is 0. The van der Waals surface area contributed by atoms with Gasteiger partial charge in [-0.25, -0.2) is 0 Å². The third kappa shape index (κ3) is 3.43. The van der Waals surface area contributed by atoms with Gasteiger partial charge in [-0.05, 0) is 57.0 Å². The molecular weight excluding hydrogens is 212 g/mol. The molecule has 0 spiro atoms. The van der Waals surface area contributed by atoms with E-state index in [1.807, 2.05) is 0 Å². The van der Waals surface area contributed by atoms with Gasteiger partial charge in [-0.1, -0.05) is 13.3 Å². The molecule has 0 aliphatic heterocycles. The number of hydrogen-bond acceptors (Lipinski definition) is 3. The van der Waals surface area contributed by atoms with Gasteiger partial charge in [0.25, 0.3) is 0 Å². The molecule has 2 aliphatic rings. The average Bonchev–Trinajstić information content (AvgIpc) is 3.08. The zero-order valence-electron chi connectivity index (χ0n) is 11.2. The van der Waals surface area contributed by atoms with Crippen molar-refractivity contribution < 1.29 is 5.11 Å². The molecule has 2 unspecified atom stereocenters. The maximum absolute atomic E-state index is 10.4. The van der Waals surface area contributed by atoms with Gasteiger partial charge in [0, 0.05) is 13.1 Å². The van der Waals surface area contributed by atoms with Crippen molar-refractivity contribution in [3.05, 3.63) is 0 Å². The second-order valence-electron chi connectivity index (χ2n) is 6.02. The molecule has 2 aliphatic carbocycles. The number of aliphatic hydroxyl groups is 1. The predicted molar refractivity (Wildman–Crippen MR) is 70.8 cm³/mol. The fourth-order valence-corrected chi connectivity index (χ4v) is 3.19. The summed E-state index contributed by atoms with van der Waals surface area (Å²) in [6.07, 6.45) is 7.18. The molecule has 2 fully saturated rings. The van der Waals surface area contributed by atoms with Crippen LogP contribution < -0.4 is 5.73 Å². The second kappa shape index (κ2) is 5.68. The maximum atomic E-state index is 10.4. The van der Waals surface area contributed by atoms with E-state index in [9.17, 15) is 5.11 Å². The summed E-state index contributed by atoms with van der Waals surface area (Å²) in [6.45, 7) is 6.23. The standard InChI is InChI=1S/C14H28N2O/c1-2-16(10-12-5-6-12)9-7-13-4-3-8-14(13,17)11-15/h12-13,17H,2-11,15H2,1H3. The van der Waals surface area contributed by atoms with Crippen LogP contribution in [0.2, 0.25) is 0 Å². The zero-order valence-corrected chi connectivity index (χ0v) is 11.2. The second-order valence-corrected chi connectivity index (χ2v) is 6.02. The van der Waals surface area contributed by atoms with Crippen LogP contribution in [-0.2, 0) is 0 Å². The Morgan fingerprint density at radius 3 is 2.71 bits per heavy atom. The van der Waals surface area contributed by atoms with Crippen molar-refractivity contribution in [2.24, 2.45) is 17.6 Å². The molecule has 2 rings (SSSR count). The van der Waals surface area contributed by atoms with Gasteiger partial charge in [-0.15, -0.1) is 0 Å². The fourth-order valence-electron chi connectivity index (χ4n) is 3.19. The first kappa shape index (κ1) is 13.3. The van der Waals surface area contributed by atoms with Gasteiger partial charge in [0.1, 0.15) is 0 Å². The zero-order chi connectivity index (χ0) is 12.3. The fraction of sp³-hybridized carbons (Fsp3) is 1.00. The molecule has 17 heavy (non-hydrogen) atoms. The smallest absolute Gasteiger partial charge is 0.0797 e. The quantitative estimate of drug-likeness (QED) is 0.710. The highest BCUT2D eigenvalue weighted by atomic mass is 16.3. The summed E-state index contributed by atoms with van der Waals surface area (Å²) in [5.41, 5.74) is 5.17. The van der Waals surface area contributed by atoms with Crippen LogP contribution in [0.1, 0.15) is 45.4 Å². The summed E-state index contributed by atoms with van der Waals surface area (Å²) >= 11 is 0. The van der Waals surface area contributed by atoms with Crippen LogP contribution >= 0.6 is 0 Å². The first-order valence-electron chi connectivity index (χ1n) is 7.32. The van der Waals surface area contributed by atoms with Crippen LogP contribution in [0.5, 0.6) is 0 Å². The molecule has 100 valence electrons. The van der Waals surface area contributed by atoms with E-state index in [-0.39, 0.29) is 0 Å². The minimum Gasteiger partial charge on any atom is -0.388 e. The first-order chi connectivity index (χ1) is 8.18. The highest BCUT2D eigenvalue weighted by Crippen LogP contribution is 2.37. The molecule has 0 aromatic carbocycles. The highest BCUT2D eigenvalue weighted by Gasteiger charge is 2.39. The molecular formula is C14H28N2O. The van der Waals surface area contributed by atoms with E-state index in [0.717, 1.165) is 44.7 Å². The molecule has 0 aromatic rings. The number of hydrogen-bond donors (Lipinski definition) is 2. The van der Waals surface area contributed by atoms with Gasteiger partial charge in [0.05, 0.1) is 5.60 Å². The van der Waals surface area contributed by atoms with Crippen molar-refractivity contribution >= 4 is 0 Å². The maximum Gasteiger partial charge on any atom is 0.0797 e. The van der Waals surface area contributed by atoms with Gasteiger partial charge < -0.3 is 15.7 Å². The monoisotopic (exact) mass is 240 g/mol. The topological polar surface area (TPSA) is 49.5 Å². The van der Waals surface area contributed by atoms with Crippen LogP contribution in [0.25, 0.3) is 0 Å². The molecule has 0 amide bonds. The molecule has 3 N–H and O–H groups in total. The normalized spacial score (nSPS) is 33.5. The van der Waals surface area contributed by atoms with E-state index < -0.39 is 5.60 Å². The molecule has 3 heteroatoms. The molecule has 0 saturated heterocycles. The SMILES string of the molecule is CCN(CCC1CCCC1(O)CN)CC1CC1. The van der Waals surface area contributed by atoms with Crippen LogP contribution in [0.3, 0.4) is 0 Å². The highest BCUT2D eigenvalue weighted by molar-refractivity contribution is 4.93. The summed E-state index contributed by atoms with van der Waals surface area (Å²) in [5, 5.41) is 10.4. The van der Waals surface area contributed by atoms with Gasteiger partial charge in [0.15, 0.2) is 0 Å². The minimum absolute atomic E-state index is 0.431. The lowest BCUT2D eigenvalue weighted by atomic mass is 9.88. The minimum atomic E-state index is -0.557.